The van der Waals surface area contributed by atoms with E-state index in [2.05, 4.69) is 17.1 Å². The highest BCUT2D eigenvalue weighted by molar-refractivity contribution is 7.93. The Morgan fingerprint density at radius 1 is 1.06 bits per heavy atom. The van der Waals surface area contributed by atoms with Crippen LogP contribution in [0.3, 0.4) is 0 Å². The molecule has 0 unspecified atom stereocenters. The zero-order valence-corrected chi connectivity index (χ0v) is 18.9. The molecule has 0 N–H and O–H groups in total. The van der Waals surface area contributed by atoms with E-state index in [1.165, 1.54) is 28.3 Å². The molecule has 0 aliphatic heterocycles. The molecular weight excluding hydrogens is 434 g/mol. The minimum Gasteiger partial charge on any atom is -0.497 e. The maximum atomic E-state index is 13.3. The van der Waals surface area contributed by atoms with Crippen molar-refractivity contribution in [1.82, 2.24) is 10.1 Å². The first-order valence-corrected chi connectivity index (χ1v) is 11.9. The quantitative estimate of drug-likeness (QED) is 0.396. The number of aryl methyl sites for hydroxylation is 1. The zero-order valence-electron chi connectivity index (χ0n) is 17.3. The number of nitrogens with zero attached hydrogens (tertiary/aromatic N) is 3. The third-order valence-electron chi connectivity index (χ3n) is 4.94. The van der Waals surface area contributed by atoms with Crippen LogP contribution in [0.5, 0.6) is 5.75 Å². The molecule has 4 rings (SSSR count). The SMILES string of the molecule is CCc1ccc(-c2noc(-c3sccc3S(=O)(=O)N(C)c3ccc(OC)cc3)n2)cc1. The first-order chi connectivity index (χ1) is 14.9. The van der Waals surface area contributed by atoms with Gasteiger partial charge in [0.25, 0.3) is 15.9 Å². The van der Waals surface area contributed by atoms with Crippen LogP contribution < -0.4 is 9.04 Å². The van der Waals surface area contributed by atoms with Crippen LogP contribution in [0.4, 0.5) is 5.69 Å². The molecule has 0 saturated carbocycles. The second-order valence-electron chi connectivity index (χ2n) is 6.76. The van der Waals surface area contributed by atoms with E-state index in [-0.39, 0.29) is 10.8 Å². The molecule has 9 heteroatoms. The van der Waals surface area contributed by atoms with Crippen molar-refractivity contribution >= 4 is 27.0 Å². The van der Waals surface area contributed by atoms with Crippen molar-refractivity contribution < 1.29 is 17.7 Å². The fourth-order valence-electron chi connectivity index (χ4n) is 3.06. The normalized spacial score (nSPS) is 11.5. The fourth-order valence-corrected chi connectivity index (χ4v) is 5.57. The molecule has 31 heavy (non-hydrogen) atoms. The lowest BCUT2D eigenvalue weighted by Crippen LogP contribution is -2.26. The van der Waals surface area contributed by atoms with Gasteiger partial charge in [0.05, 0.1) is 12.8 Å². The number of ether oxygens (including phenoxy) is 1. The third-order valence-corrected chi connectivity index (χ3v) is 7.80. The minimum atomic E-state index is -3.84. The van der Waals surface area contributed by atoms with E-state index in [1.807, 2.05) is 24.3 Å². The van der Waals surface area contributed by atoms with Gasteiger partial charge in [0.1, 0.15) is 15.5 Å². The Bertz CT molecular complexity index is 1280. The highest BCUT2D eigenvalue weighted by Crippen LogP contribution is 2.35. The van der Waals surface area contributed by atoms with Crippen molar-refractivity contribution in [1.29, 1.82) is 0 Å². The molecule has 0 amide bonds. The van der Waals surface area contributed by atoms with Crippen molar-refractivity contribution in [3.63, 3.8) is 0 Å². The van der Waals surface area contributed by atoms with Gasteiger partial charge in [0.2, 0.25) is 5.82 Å². The lowest BCUT2D eigenvalue weighted by Gasteiger charge is -2.19. The Morgan fingerprint density at radius 2 is 1.77 bits per heavy atom. The van der Waals surface area contributed by atoms with E-state index in [1.54, 1.807) is 42.8 Å². The molecule has 2 aromatic heterocycles. The van der Waals surface area contributed by atoms with E-state index in [0.717, 1.165) is 12.0 Å². The number of rotatable bonds is 7. The molecular formula is C22H21N3O4S2. The molecule has 0 atom stereocenters. The van der Waals surface area contributed by atoms with E-state index in [9.17, 15) is 8.42 Å². The summed E-state index contributed by atoms with van der Waals surface area (Å²) >= 11 is 1.24. The van der Waals surface area contributed by atoms with E-state index in [0.29, 0.717) is 22.1 Å². The second kappa shape index (κ2) is 8.52. The Hall–Kier alpha value is -3.17. The van der Waals surface area contributed by atoms with Crippen LogP contribution in [0, 0.1) is 0 Å². The van der Waals surface area contributed by atoms with Crippen molar-refractivity contribution in [3.8, 4) is 27.9 Å². The monoisotopic (exact) mass is 455 g/mol. The van der Waals surface area contributed by atoms with E-state index >= 15 is 0 Å². The standard InChI is InChI=1S/C22H21N3O4S2/c1-4-15-5-7-16(8-6-15)21-23-22(29-24-21)20-19(13-14-30-20)31(26,27)25(2)17-9-11-18(28-3)12-10-17/h5-14H,4H2,1-3H3. The number of thiophene rings is 1. The summed E-state index contributed by atoms with van der Waals surface area (Å²) in [5.41, 5.74) is 2.53. The van der Waals surface area contributed by atoms with Crippen molar-refractivity contribution in [3.05, 3.63) is 65.5 Å². The van der Waals surface area contributed by atoms with Crippen LogP contribution in [0.25, 0.3) is 22.2 Å². The molecule has 2 aromatic carbocycles. The molecule has 4 aromatic rings. The predicted molar refractivity (Wildman–Crippen MR) is 121 cm³/mol. The average Bonchev–Trinajstić information content (AvgIpc) is 3.48. The van der Waals surface area contributed by atoms with Crippen molar-refractivity contribution in [2.45, 2.75) is 18.2 Å². The molecule has 0 fully saturated rings. The van der Waals surface area contributed by atoms with Gasteiger partial charge in [0.15, 0.2) is 0 Å². The number of anilines is 1. The van der Waals surface area contributed by atoms with E-state index < -0.39 is 10.0 Å². The van der Waals surface area contributed by atoms with Gasteiger partial charge in [-0.25, -0.2) is 8.42 Å². The van der Waals surface area contributed by atoms with Gasteiger partial charge in [-0.15, -0.1) is 11.3 Å². The summed E-state index contributed by atoms with van der Waals surface area (Å²) in [5, 5.41) is 5.74. The maximum absolute atomic E-state index is 13.3. The summed E-state index contributed by atoms with van der Waals surface area (Å²) in [7, 11) is -0.770. The number of methoxy groups -OCH3 is 1. The predicted octanol–water partition coefficient (Wildman–Crippen LogP) is 4.86. The summed E-state index contributed by atoms with van der Waals surface area (Å²) in [6.07, 6.45) is 0.940. The van der Waals surface area contributed by atoms with Gasteiger partial charge in [-0.3, -0.25) is 4.31 Å². The lowest BCUT2D eigenvalue weighted by atomic mass is 10.1. The zero-order chi connectivity index (χ0) is 22.0. The Kier molecular flexibility index (Phi) is 5.79. The van der Waals surface area contributed by atoms with Gasteiger partial charge in [-0.2, -0.15) is 4.98 Å². The van der Waals surface area contributed by atoms with Crippen LogP contribution >= 0.6 is 11.3 Å². The minimum absolute atomic E-state index is 0.118. The van der Waals surface area contributed by atoms with Crippen LogP contribution in [-0.4, -0.2) is 32.7 Å². The molecule has 0 radical (unpaired) electrons. The average molecular weight is 456 g/mol. The molecule has 7 nitrogen and oxygen atoms in total. The molecule has 0 spiro atoms. The Labute approximate surface area is 185 Å². The molecule has 0 saturated heterocycles. The highest BCUT2D eigenvalue weighted by Gasteiger charge is 2.28. The topological polar surface area (TPSA) is 85.5 Å². The number of sulfonamides is 1. The van der Waals surface area contributed by atoms with Crippen LogP contribution in [0.15, 0.2) is 69.4 Å². The third kappa shape index (κ3) is 4.06. The van der Waals surface area contributed by atoms with Crippen molar-refractivity contribution in [2.24, 2.45) is 0 Å². The van der Waals surface area contributed by atoms with Crippen LogP contribution in [0.2, 0.25) is 0 Å². The van der Waals surface area contributed by atoms with Crippen molar-refractivity contribution in [2.75, 3.05) is 18.5 Å². The summed E-state index contributed by atoms with van der Waals surface area (Å²) in [4.78, 5) is 4.97. The summed E-state index contributed by atoms with van der Waals surface area (Å²) in [5.74, 6) is 1.24. The van der Waals surface area contributed by atoms with Gasteiger partial charge in [-0.1, -0.05) is 36.3 Å². The lowest BCUT2D eigenvalue weighted by molar-refractivity contribution is 0.415. The smallest absolute Gasteiger partial charge is 0.269 e. The van der Waals surface area contributed by atoms with Crippen LogP contribution in [-0.2, 0) is 16.4 Å². The van der Waals surface area contributed by atoms with Gasteiger partial charge >= 0.3 is 0 Å². The first kappa shape index (κ1) is 21.1. The largest absolute Gasteiger partial charge is 0.497 e. The Balaban J connectivity index is 1.66. The first-order valence-electron chi connectivity index (χ1n) is 9.58. The molecule has 0 aliphatic rings. The highest BCUT2D eigenvalue weighted by atomic mass is 32.2. The number of aromatic nitrogens is 2. The molecule has 2 heterocycles. The maximum Gasteiger partial charge on any atom is 0.269 e. The molecule has 0 bridgehead atoms. The van der Waals surface area contributed by atoms with Gasteiger partial charge in [-0.05, 0) is 47.7 Å². The summed E-state index contributed by atoms with van der Waals surface area (Å²) in [6, 6.07) is 16.2. The fraction of sp³-hybridized carbons (Fsp3) is 0.182. The Morgan fingerprint density at radius 3 is 2.42 bits per heavy atom. The summed E-state index contributed by atoms with van der Waals surface area (Å²) < 4.78 is 38.4. The second-order valence-corrected chi connectivity index (χ2v) is 9.61. The number of benzene rings is 2. The van der Waals surface area contributed by atoms with Crippen LogP contribution in [0.1, 0.15) is 12.5 Å². The molecule has 0 aliphatic carbocycles. The number of hydrogen-bond acceptors (Lipinski definition) is 7. The molecule has 160 valence electrons. The van der Waals surface area contributed by atoms with Gasteiger partial charge < -0.3 is 9.26 Å². The number of hydrogen-bond donors (Lipinski definition) is 0. The van der Waals surface area contributed by atoms with E-state index in [4.69, 9.17) is 9.26 Å². The summed E-state index contributed by atoms with van der Waals surface area (Å²) in [6.45, 7) is 2.09. The van der Waals surface area contributed by atoms with Gasteiger partial charge in [0, 0.05) is 12.6 Å².